The van der Waals surface area contributed by atoms with Crippen molar-refractivity contribution in [3.05, 3.63) is 76.3 Å². The molecular formula is C24H22BrN3O3. The first-order valence-electron chi connectivity index (χ1n) is 10.00. The van der Waals surface area contributed by atoms with Crippen LogP contribution in [0, 0.1) is 0 Å². The molecule has 4 rings (SSSR count). The number of halogens is 1. The van der Waals surface area contributed by atoms with Crippen LogP contribution < -0.4 is 10.2 Å². The van der Waals surface area contributed by atoms with Gasteiger partial charge >= 0.3 is 0 Å². The molecule has 0 saturated carbocycles. The second kappa shape index (κ2) is 8.51. The number of nitrogens with one attached hydrogen (secondary N) is 1. The van der Waals surface area contributed by atoms with Crippen LogP contribution in [-0.4, -0.2) is 42.3 Å². The van der Waals surface area contributed by atoms with E-state index in [1.54, 1.807) is 20.0 Å². The molecule has 31 heavy (non-hydrogen) atoms. The van der Waals surface area contributed by atoms with Crippen LogP contribution in [0.1, 0.15) is 22.8 Å². The Morgan fingerprint density at radius 2 is 1.74 bits per heavy atom. The number of benzene rings is 3. The molecule has 0 spiro atoms. The van der Waals surface area contributed by atoms with Crippen LogP contribution in [0.3, 0.4) is 0 Å². The van der Waals surface area contributed by atoms with Gasteiger partial charge in [0.05, 0.1) is 5.69 Å². The van der Waals surface area contributed by atoms with Gasteiger partial charge in [0.2, 0.25) is 11.8 Å². The van der Waals surface area contributed by atoms with Crippen LogP contribution in [0.5, 0.6) is 0 Å². The number of hydrogen-bond donors (Lipinski definition) is 1. The van der Waals surface area contributed by atoms with E-state index >= 15 is 0 Å². The highest BCUT2D eigenvalue weighted by Crippen LogP contribution is 2.37. The Labute approximate surface area is 189 Å². The molecule has 6 nitrogen and oxygen atoms in total. The first-order valence-corrected chi connectivity index (χ1v) is 10.8. The monoisotopic (exact) mass is 479 g/mol. The van der Waals surface area contributed by atoms with Gasteiger partial charge in [-0.25, -0.2) is 0 Å². The molecule has 0 aromatic heterocycles. The first kappa shape index (κ1) is 21.1. The summed E-state index contributed by atoms with van der Waals surface area (Å²) in [6.45, 7) is 1.82. The zero-order valence-corrected chi connectivity index (χ0v) is 18.8. The highest BCUT2D eigenvalue weighted by Gasteiger charge is 2.34. The Morgan fingerprint density at radius 1 is 1.06 bits per heavy atom. The standard InChI is InChI=1S/C24H22BrN3O3/c1-15(23(30)26-2)27(13-16-9-11-18(25)12-10-16)21(29)14-28-20-8-4-6-17-5-3-7-19(22(17)20)24(28)31/h3-12,15H,13-14H2,1-2H3,(H,26,30)/t15-/m1/s1. The highest BCUT2D eigenvalue weighted by atomic mass is 79.9. The maximum absolute atomic E-state index is 13.4. The Kier molecular flexibility index (Phi) is 5.78. The van der Waals surface area contributed by atoms with Gasteiger partial charge < -0.3 is 10.2 Å². The fourth-order valence-electron chi connectivity index (χ4n) is 3.94. The predicted octanol–water partition coefficient (Wildman–Crippen LogP) is 3.73. The molecule has 3 amide bonds. The molecule has 0 aliphatic carbocycles. The van der Waals surface area contributed by atoms with Crippen molar-refractivity contribution in [2.75, 3.05) is 18.5 Å². The number of hydrogen-bond acceptors (Lipinski definition) is 3. The predicted molar refractivity (Wildman–Crippen MR) is 124 cm³/mol. The summed E-state index contributed by atoms with van der Waals surface area (Å²) in [5.74, 6) is -0.753. The van der Waals surface area contributed by atoms with E-state index in [-0.39, 0.29) is 30.8 Å². The average Bonchev–Trinajstić information content (AvgIpc) is 3.05. The molecule has 1 heterocycles. The molecule has 1 aliphatic heterocycles. The smallest absolute Gasteiger partial charge is 0.259 e. The number of carbonyl (C=O) groups is 3. The van der Waals surface area contributed by atoms with Gasteiger partial charge in [0.1, 0.15) is 12.6 Å². The summed E-state index contributed by atoms with van der Waals surface area (Å²) in [7, 11) is 1.54. The second-order valence-electron chi connectivity index (χ2n) is 7.51. The lowest BCUT2D eigenvalue weighted by atomic mass is 10.1. The molecule has 158 valence electrons. The molecule has 1 atom stereocenters. The van der Waals surface area contributed by atoms with Gasteiger partial charge in [0.15, 0.2) is 0 Å². The summed E-state index contributed by atoms with van der Waals surface area (Å²) in [5, 5.41) is 4.43. The van der Waals surface area contributed by atoms with Crippen LogP contribution in [0.25, 0.3) is 10.8 Å². The Morgan fingerprint density at radius 3 is 2.42 bits per heavy atom. The molecule has 0 fully saturated rings. The van der Waals surface area contributed by atoms with Crippen LogP contribution in [0.15, 0.2) is 65.1 Å². The molecule has 1 aliphatic rings. The van der Waals surface area contributed by atoms with Gasteiger partial charge in [-0.15, -0.1) is 0 Å². The van der Waals surface area contributed by atoms with Gasteiger partial charge in [0, 0.05) is 29.0 Å². The highest BCUT2D eigenvalue weighted by molar-refractivity contribution is 9.10. The van der Waals surface area contributed by atoms with Crippen LogP contribution in [0.2, 0.25) is 0 Å². The minimum atomic E-state index is -0.683. The second-order valence-corrected chi connectivity index (χ2v) is 8.43. The third-order valence-electron chi connectivity index (χ3n) is 5.62. The van der Waals surface area contributed by atoms with Crippen LogP contribution in [0.4, 0.5) is 5.69 Å². The Balaban J connectivity index is 1.63. The minimum Gasteiger partial charge on any atom is -0.357 e. The minimum absolute atomic E-state index is 0.134. The van der Waals surface area contributed by atoms with E-state index in [9.17, 15) is 14.4 Å². The third-order valence-corrected chi connectivity index (χ3v) is 6.15. The van der Waals surface area contributed by atoms with Crippen molar-refractivity contribution >= 4 is 50.1 Å². The lowest BCUT2D eigenvalue weighted by Gasteiger charge is -2.30. The molecular weight excluding hydrogens is 458 g/mol. The third kappa shape index (κ3) is 3.93. The molecule has 0 unspecified atom stereocenters. The molecule has 3 aromatic rings. The topological polar surface area (TPSA) is 69.7 Å². The van der Waals surface area contributed by atoms with Crippen molar-refractivity contribution in [1.29, 1.82) is 0 Å². The number of likely N-dealkylation sites (N-methyl/N-ethyl adjacent to an activating group) is 1. The Hall–Kier alpha value is -3.19. The van der Waals surface area contributed by atoms with Crippen LogP contribution in [-0.2, 0) is 16.1 Å². The van der Waals surface area contributed by atoms with Crippen molar-refractivity contribution in [2.45, 2.75) is 19.5 Å². The van der Waals surface area contributed by atoms with Gasteiger partial charge in [0.25, 0.3) is 5.91 Å². The summed E-state index contributed by atoms with van der Waals surface area (Å²) in [4.78, 5) is 41.8. The zero-order chi connectivity index (χ0) is 22.1. The van der Waals surface area contributed by atoms with Crippen molar-refractivity contribution in [3.8, 4) is 0 Å². The van der Waals surface area contributed by atoms with E-state index in [4.69, 9.17) is 0 Å². The number of nitrogens with zero attached hydrogens (tertiary/aromatic N) is 2. The van der Waals surface area contributed by atoms with Crippen molar-refractivity contribution in [2.24, 2.45) is 0 Å². The van der Waals surface area contributed by atoms with Gasteiger partial charge in [-0.3, -0.25) is 19.3 Å². The summed E-state index contributed by atoms with van der Waals surface area (Å²) in [5.41, 5.74) is 2.22. The summed E-state index contributed by atoms with van der Waals surface area (Å²) in [6.07, 6.45) is 0. The normalized spacial score (nSPS) is 13.4. The molecule has 1 N–H and O–H groups in total. The summed E-state index contributed by atoms with van der Waals surface area (Å²) in [6, 6.07) is 18.2. The van der Waals surface area contributed by atoms with Gasteiger partial charge in [-0.05, 0) is 42.1 Å². The van der Waals surface area contributed by atoms with E-state index in [0.29, 0.717) is 5.56 Å². The summed E-state index contributed by atoms with van der Waals surface area (Å²) >= 11 is 3.41. The van der Waals surface area contributed by atoms with Crippen molar-refractivity contribution < 1.29 is 14.4 Å². The van der Waals surface area contributed by atoms with Gasteiger partial charge in [-0.2, -0.15) is 0 Å². The number of carbonyl (C=O) groups excluding carboxylic acids is 3. The van der Waals surface area contributed by atoms with Gasteiger partial charge in [-0.1, -0.05) is 52.3 Å². The van der Waals surface area contributed by atoms with E-state index in [1.165, 1.54) is 9.80 Å². The molecule has 0 radical (unpaired) electrons. The van der Waals surface area contributed by atoms with E-state index in [1.807, 2.05) is 54.6 Å². The van der Waals surface area contributed by atoms with Crippen LogP contribution >= 0.6 is 15.9 Å². The maximum atomic E-state index is 13.4. The van der Waals surface area contributed by atoms with E-state index < -0.39 is 6.04 Å². The molecule has 0 bridgehead atoms. The zero-order valence-electron chi connectivity index (χ0n) is 17.3. The fourth-order valence-corrected chi connectivity index (χ4v) is 4.20. The molecule has 0 saturated heterocycles. The largest absolute Gasteiger partial charge is 0.357 e. The SMILES string of the molecule is CNC(=O)[C@@H](C)N(Cc1ccc(Br)cc1)C(=O)CN1C(=O)c2cccc3cccc1c23. The van der Waals surface area contributed by atoms with Crippen molar-refractivity contribution in [1.82, 2.24) is 10.2 Å². The van der Waals surface area contributed by atoms with E-state index in [2.05, 4.69) is 21.2 Å². The summed E-state index contributed by atoms with van der Waals surface area (Å²) < 4.78 is 0.932. The lowest BCUT2D eigenvalue weighted by molar-refractivity contribution is -0.139. The lowest BCUT2D eigenvalue weighted by Crippen LogP contribution is -2.50. The maximum Gasteiger partial charge on any atom is 0.259 e. The Bertz CT molecular complexity index is 1170. The fraction of sp³-hybridized carbons (Fsp3) is 0.208. The first-order chi connectivity index (χ1) is 14.9. The quantitative estimate of drug-likeness (QED) is 0.585. The van der Waals surface area contributed by atoms with E-state index in [0.717, 1.165) is 26.5 Å². The average molecular weight is 480 g/mol. The number of amides is 3. The molecule has 7 heteroatoms. The van der Waals surface area contributed by atoms with Crippen molar-refractivity contribution in [3.63, 3.8) is 0 Å². The number of anilines is 1. The molecule has 3 aromatic carbocycles. The number of rotatable bonds is 6.